The van der Waals surface area contributed by atoms with Crippen molar-refractivity contribution in [1.82, 2.24) is 9.97 Å². The van der Waals surface area contributed by atoms with Gasteiger partial charge in [-0.1, -0.05) is 42.0 Å². The van der Waals surface area contributed by atoms with Crippen LogP contribution in [0.5, 0.6) is 5.75 Å². The summed E-state index contributed by atoms with van der Waals surface area (Å²) < 4.78 is 13.3. The SMILES string of the molecule is Cc1ccc(-c2cc(-c3ccc(F)cc3)nc(NN=Cc3ccccc3O)n2)cc1. The van der Waals surface area contributed by atoms with E-state index in [9.17, 15) is 9.50 Å². The van der Waals surface area contributed by atoms with Crippen LogP contribution in [0.2, 0.25) is 0 Å². The fourth-order valence-corrected chi connectivity index (χ4v) is 2.89. The van der Waals surface area contributed by atoms with Crippen LogP contribution >= 0.6 is 0 Å². The maximum Gasteiger partial charge on any atom is 0.244 e. The highest BCUT2D eigenvalue weighted by Crippen LogP contribution is 2.26. The topological polar surface area (TPSA) is 70.4 Å². The van der Waals surface area contributed by atoms with E-state index in [1.807, 2.05) is 43.3 Å². The number of nitrogens with one attached hydrogen (secondary N) is 1. The van der Waals surface area contributed by atoms with Crippen LogP contribution < -0.4 is 5.43 Å². The van der Waals surface area contributed by atoms with Gasteiger partial charge >= 0.3 is 0 Å². The monoisotopic (exact) mass is 398 g/mol. The Morgan fingerprint density at radius 3 is 2.10 bits per heavy atom. The van der Waals surface area contributed by atoms with E-state index in [0.29, 0.717) is 22.9 Å². The number of hydrogen-bond acceptors (Lipinski definition) is 5. The quantitative estimate of drug-likeness (QED) is 0.348. The molecule has 0 aliphatic carbocycles. The number of phenols is 1. The Bertz CT molecular complexity index is 1120. The summed E-state index contributed by atoms with van der Waals surface area (Å²) in [4.78, 5) is 9.07. The van der Waals surface area contributed by atoms with Crippen molar-refractivity contribution in [3.8, 4) is 28.3 Å². The molecule has 0 saturated carbocycles. The molecular weight excluding hydrogens is 379 g/mol. The molecule has 0 unspecified atom stereocenters. The minimum Gasteiger partial charge on any atom is -0.507 e. The van der Waals surface area contributed by atoms with Gasteiger partial charge in [0.15, 0.2) is 0 Å². The van der Waals surface area contributed by atoms with Gasteiger partial charge in [-0.25, -0.2) is 19.8 Å². The molecule has 0 aliphatic rings. The van der Waals surface area contributed by atoms with Gasteiger partial charge in [-0.15, -0.1) is 0 Å². The lowest BCUT2D eigenvalue weighted by Gasteiger charge is -2.09. The van der Waals surface area contributed by atoms with E-state index in [1.165, 1.54) is 18.3 Å². The molecule has 30 heavy (non-hydrogen) atoms. The lowest BCUT2D eigenvalue weighted by Crippen LogP contribution is -2.00. The van der Waals surface area contributed by atoms with Gasteiger partial charge < -0.3 is 5.11 Å². The Morgan fingerprint density at radius 2 is 1.47 bits per heavy atom. The van der Waals surface area contributed by atoms with E-state index in [4.69, 9.17) is 0 Å². The third kappa shape index (κ3) is 4.50. The van der Waals surface area contributed by atoms with Crippen LogP contribution in [-0.2, 0) is 0 Å². The van der Waals surface area contributed by atoms with E-state index in [2.05, 4.69) is 20.5 Å². The molecule has 1 aromatic heterocycles. The van der Waals surface area contributed by atoms with Crippen molar-refractivity contribution in [3.63, 3.8) is 0 Å². The third-order valence-electron chi connectivity index (χ3n) is 4.52. The number of aromatic hydroxyl groups is 1. The first kappa shape index (κ1) is 19.3. The molecule has 3 aromatic carbocycles. The van der Waals surface area contributed by atoms with E-state index in [0.717, 1.165) is 16.7 Å². The number of para-hydroxylation sites is 1. The molecule has 4 aromatic rings. The lowest BCUT2D eigenvalue weighted by molar-refractivity contribution is 0.474. The molecule has 0 atom stereocenters. The molecule has 0 spiro atoms. The van der Waals surface area contributed by atoms with Gasteiger partial charge in [0.25, 0.3) is 0 Å². The summed E-state index contributed by atoms with van der Waals surface area (Å²) in [5.41, 5.74) is 7.59. The summed E-state index contributed by atoms with van der Waals surface area (Å²) in [6.45, 7) is 2.02. The molecule has 4 rings (SSSR count). The standard InChI is InChI=1S/C24H19FN4O/c1-16-6-8-17(9-7-16)21-14-22(18-10-12-20(25)13-11-18)28-24(27-21)29-26-15-19-4-2-3-5-23(19)30/h2-15,30H,1H3,(H,27,28,29). The predicted molar refractivity (Wildman–Crippen MR) is 117 cm³/mol. The maximum absolute atomic E-state index is 13.3. The molecule has 0 radical (unpaired) electrons. The molecule has 5 nitrogen and oxygen atoms in total. The van der Waals surface area contributed by atoms with Crippen LogP contribution in [0.4, 0.5) is 10.3 Å². The van der Waals surface area contributed by atoms with Gasteiger partial charge in [0.05, 0.1) is 17.6 Å². The molecule has 148 valence electrons. The first-order valence-corrected chi connectivity index (χ1v) is 9.37. The van der Waals surface area contributed by atoms with Crippen LogP contribution in [-0.4, -0.2) is 21.3 Å². The molecular formula is C24H19FN4O. The van der Waals surface area contributed by atoms with Crippen LogP contribution in [0.25, 0.3) is 22.5 Å². The fraction of sp³-hybridized carbons (Fsp3) is 0.0417. The zero-order valence-electron chi connectivity index (χ0n) is 16.2. The largest absolute Gasteiger partial charge is 0.507 e. The van der Waals surface area contributed by atoms with E-state index in [-0.39, 0.29) is 11.6 Å². The van der Waals surface area contributed by atoms with Gasteiger partial charge in [-0.2, -0.15) is 5.10 Å². The minimum absolute atomic E-state index is 0.129. The Hall–Kier alpha value is -4.06. The number of anilines is 1. The summed E-state index contributed by atoms with van der Waals surface area (Å²) >= 11 is 0. The fourth-order valence-electron chi connectivity index (χ4n) is 2.89. The second-order valence-electron chi connectivity index (χ2n) is 6.76. The number of nitrogens with zero attached hydrogens (tertiary/aromatic N) is 3. The second-order valence-corrected chi connectivity index (χ2v) is 6.76. The number of hydrogen-bond donors (Lipinski definition) is 2. The maximum atomic E-state index is 13.3. The van der Waals surface area contributed by atoms with Crippen molar-refractivity contribution in [1.29, 1.82) is 0 Å². The number of benzene rings is 3. The second kappa shape index (κ2) is 8.53. The Balaban J connectivity index is 1.70. The van der Waals surface area contributed by atoms with Crippen molar-refractivity contribution in [2.24, 2.45) is 5.10 Å². The number of halogens is 1. The average Bonchev–Trinajstić information content (AvgIpc) is 2.76. The zero-order valence-corrected chi connectivity index (χ0v) is 16.2. The minimum atomic E-state index is -0.308. The van der Waals surface area contributed by atoms with Gasteiger partial charge in [-0.05, 0) is 49.4 Å². The molecule has 0 saturated heterocycles. The number of aryl methyl sites for hydroxylation is 1. The van der Waals surface area contributed by atoms with Crippen LogP contribution in [0.3, 0.4) is 0 Å². The van der Waals surface area contributed by atoms with Gasteiger partial charge in [0.2, 0.25) is 5.95 Å². The summed E-state index contributed by atoms with van der Waals surface area (Å²) in [6, 6.07) is 22.9. The Kier molecular flexibility index (Phi) is 5.48. The van der Waals surface area contributed by atoms with E-state index in [1.54, 1.807) is 30.3 Å². The van der Waals surface area contributed by atoms with Crippen molar-refractivity contribution in [2.75, 3.05) is 5.43 Å². The highest BCUT2D eigenvalue weighted by atomic mass is 19.1. The van der Waals surface area contributed by atoms with Gasteiger partial charge in [0, 0.05) is 16.7 Å². The number of phenolic OH excluding ortho intramolecular Hbond substituents is 1. The first-order chi connectivity index (χ1) is 14.6. The molecule has 1 heterocycles. The average molecular weight is 398 g/mol. The number of hydrazone groups is 1. The van der Waals surface area contributed by atoms with E-state index < -0.39 is 0 Å². The normalized spacial score (nSPS) is 11.0. The molecule has 0 aliphatic heterocycles. The highest BCUT2D eigenvalue weighted by Gasteiger charge is 2.09. The Labute approximate surface area is 173 Å². The van der Waals surface area contributed by atoms with Gasteiger partial charge in [-0.3, -0.25) is 0 Å². The van der Waals surface area contributed by atoms with Crippen molar-refractivity contribution < 1.29 is 9.50 Å². The Morgan fingerprint density at radius 1 is 0.867 bits per heavy atom. The van der Waals surface area contributed by atoms with E-state index >= 15 is 0 Å². The van der Waals surface area contributed by atoms with Gasteiger partial charge in [0.1, 0.15) is 11.6 Å². The summed E-state index contributed by atoms with van der Waals surface area (Å²) in [5, 5.41) is 14.0. The molecule has 2 N–H and O–H groups in total. The van der Waals surface area contributed by atoms with Crippen LogP contribution in [0.1, 0.15) is 11.1 Å². The van der Waals surface area contributed by atoms with Crippen LogP contribution in [0.15, 0.2) is 84.0 Å². The lowest BCUT2D eigenvalue weighted by atomic mass is 10.1. The molecule has 0 amide bonds. The number of aromatic nitrogens is 2. The first-order valence-electron chi connectivity index (χ1n) is 9.37. The molecule has 6 heteroatoms. The smallest absolute Gasteiger partial charge is 0.244 e. The third-order valence-corrected chi connectivity index (χ3v) is 4.52. The zero-order chi connectivity index (χ0) is 20.9. The summed E-state index contributed by atoms with van der Waals surface area (Å²) in [5.74, 6) is 0.112. The summed E-state index contributed by atoms with van der Waals surface area (Å²) in [7, 11) is 0. The number of rotatable bonds is 5. The highest BCUT2D eigenvalue weighted by molar-refractivity contribution is 5.83. The summed E-state index contributed by atoms with van der Waals surface area (Å²) in [6.07, 6.45) is 1.49. The predicted octanol–water partition coefficient (Wildman–Crippen LogP) is 5.41. The molecule has 0 bridgehead atoms. The van der Waals surface area contributed by atoms with Crippen molar-refractivity contribution in [2.45, 2.75) is 6.92 Å². The van der Waals surface area contributed by atoms with Crippen molar-refractivity contribution in [3.05, 3.63) is 95.8 Å². The van der Waals surface area contributed by atoms with Crippen molar-refractivity contribution >= 4 is 12.2 Å². The van der Waals surface area contributed by atoms with Crippen LogP contribution in [0, 0.1) is 12.7 Å². The molecule has 0 fully saturated rings.